The quantitative estimate of drug-likeness (QED) is 0.733. The van der Waals surface area contributed by atoms with Crippen molar-refractivity contribution in [2.75, 3.05) is 6.54 Å². The van der Waals surface area contributed by atoms with Crippen molar-refractivity contribution in [3.8, 4) is 11.4 Å². The highest BCUT2D eigenvalue weighted by molar-refractivity contribution is 7.89. The summed E-state index contributed by atoms with van der Waals surface area (Å²) in [5.41, 5.74) is 2.87. The number of rotatable bonds is 6. The molecule has 3 rings (SSSR count). The van der Waals surface area contributed by atoms with Crippen LogP contribution in [0.15, 0.2) is 57.9 Å². The maximum Gasteiger partial charge on any atom is 0.240 e. The third-order valence-corrected chi connectivity index (χ3v) is 5.13. The number of hydrogen-bond donors (Lipinski definition) is 1. The minimum Gasteiger partial charge on any atom is -0.339 e. The van der Waals surface area contributed by atoms with Gasteiger partial charge in [0.25, 0.3) is 0 Å². The van der Waals surface area contributed by atoms with E-state index in [4.69, 9.17) is 4.52 Å². The number of nitrogens with one attached hydrogen (secondary N) is 1. The van der Waals surface area contributed by atoms with E-state index in [1.165, 1.54) is 0 Å². The molecule has 0 saturated heterocycles. The van der Waals surface area contributed by atoms with Crippen molar-refractivity contribution < 1.29 is 12.9 Å². The summed E-state index contributed by atoms with van der Waals surface area (Å²) in [5.74, 6) is 0.892. The predicted molar refractivity (Wildman–Crippen MR) is 94.5 cm³/mol. The van der Waals surface area contributed by atoms with Gasteiger partial charge in [-0.15, -0.1) is 0 Å². The Bertz CT molecular complexity index is 980. The molecule has 7 heteroatoms. The van der Waals surface area contributed by atoms with Gasteiger partial charge in [-0.1, -0.05) is 41.1 Å². The molecule has 1 aromatic heterocycles. The molecule has 0 bridgehead atoms. The summed E-state index contributed by atoms with van der Waals surface area (Å²) < 4.78 is 32.3. The molecule has 25 heavy (non-hydrogen) atoms. The maximum atomic E-state index is 12.3. The van der Waals surface area contributed by atoms with E-state index in [-0.39, 0.29) is 11.4 Å². The second kappa shape index (κ2) is 7.16. The van der Waals surface area contributed by atoms with Crippen molar-refractivity contribution in [2.45, 2.75) is 25.2 Å². The molecular weight excluding hydrogens is 338 g/mol. The molecule has 0 fully saturated rings. The van der Waals surface area contributed by atoms with E-state index in [2.05, 4.69) is 14.9 Å². The average molecular weight is 357 g/mol. The minimum absolute atomic E-state index is 0.186. The predicted octanol–water partition coefficient (Wildman–Crippen LogP) is 2.87. The van der Waals surface area contributed by atoms with Gasteiger partial charge in [-0.05, 0) is 37.6 Å². The highest BCUT2D eigenvalue weighted by Crippen LogP contribution is 2.17. The number of sulfonamides is 1. The van der Waals surface area contributed by atoms with Crippen LogP contribution in [0.25, 0.3) is 11.4 Å². The lowest BCUT2D eigenvalue weighted by atomic mass is 10.1. The maximum absolute atomic E-state index is 12.3. The Labute approximate surface area is 147 Å². The van der Waals surface area contributed by atoms with Gasteiger partial charge >= 0.3 is 0 Å². The van der Waals surface area contributed by atoms with Crippen molar-refractivity contribution in [1.82, 2.24) is 14.9 Å². The first-order valence-corrected chi connectivity index (χ1v) is 9.38. The largest absolute Gasteiger partial charge is 0.339 e. The number of aromatic nitrogens is 2. The van der Waals surface area contributed by atoms with Crippen molar-refractivity contribution in [2.24, 2.45) is 0 Å². The molecule has 0 aliphatic heterocycles. The zero-order valence-corrected chi connectivity index (χ0v) is 14.9. The fourth-order valence-corrected chi connectivity index (χ4v) is 3.55. The fourth-order valence-electron chi connectivity index (χ4n) is 2.42. The molecule has 0 aliphatic rings. The molecule has 0 saturated carbocycles. The van der Waals surface area contributed by atoms with Crippen LogP contribution < -0.4 is 4.72 Å². The first-order chi connectivity index (χ1) is 11.9. The van der Waals surface area contributed by atoms with Crippen LogP contribution in [0.1, 0.15) is 17.0 Å². The monoisotopic (exact) mass is 357 g/mol. The SMILES string of the molecule is Cc1cccc(-c2noc(CCNS(=O)(=O)c3cccc(C)c3)n2)c1. The Balaban J connectivity index is 1.63. The summed E-state index contributed by atoms with van der Waals surface area (Å²) in [6.07, 6.45) is 0.323. The number of aryl methyl sites for hydroxylation is 2. The number of nitrogens with zero attached hydrogens (tertiary/aromatic N) is 2. The lowest BCUT2D eigenvalue weighted by molar-refractivity contribution is 0.379. The molecular formula is C18H19N3O3S. The molecule has 1 N–H and O–H groups in total. The topological polar surface area (TPSA) is 85.1 Å². The molecule has 1 heterocycles. The lowest BCUT2D eigenvalue weighted by Gasteiger charge is -2.06. The van der Waals surface area contributed by atoms with Crippen LogP contribution in [0.2, 0.25) is 0 Å². The zero-order valence-electron chi connectivity index (χ0n) is 14.1. The van der Waals surface area contributed by atoms with E-state index in [0.717, 1.165) is 16.7 Å². The normalized spacial score (nSPS) is 11.6. The van der Waals surface area contributed by atoms with Crippen molar-refractivity contribution in [3.63, 3.8) is 0 Å². The van der Waals surface area contributed by atoms with Gasteiger partial charge in [0.15, 0.2) is 0 Å². The van der Waals surface area contributed by atoms with Crippen LogP contribution in [0.4, 0.5) is 0 Å². The lowest BCUT2D eigenvalue weighted by Crippen LogP contribution is -2.26. The Hall–Kier alpha value is -2.51. The third kappa shape index (κ3) is 4.32. The molecule has 3 aromatic rings. The van der Waals surface area contributed by atoms with Gasteiger partial charge in [0.05, 0.1) is 4.90 Å². The Morgan fingerprint density at radius 1 is 1.04 bits per heavy atom. The van der Waals surface area contributed by atoms with E-state index in [1.807, 2.05) is 44.2 Å². The summed E-state index contributed by atoms with van der Waals surface area (Å²) >= 11 is 0. The minimum atomic E-state index is -3.54. The second-order valence-corrected chi connectivity index (χ2v) is 7.61. The highest BCUT2D eigenvalue weighted by atomic mass is 32.2. The molecule has 0 amide bonds. The molecule has 0 radical (unpaired) electrons. The second-order valence-electron chi connectivity index (χ2n) is 5.85. The average Bonchev–Trinajstić information content (AvgIpc) is 3.04. The summed E-state index contributed by atoms with van der Waals surface area (Å²) in [5, 5.41) is 3.95. The molecule has 0 atom stereocenters. The van der Waals surface area contributed by atoms with E-state index in [9.17, 15) is 8.42 Å². The molecule has 130 valence electrons. The summed E-state index contributed by atoms with van der Waals surface area (Å²) in [4.78, 5) is 4.56. The van der Waals surface area contributed by atoms with Gasteiger partial charge in [0.1, 0.15) is 0 Å². The molecule has 2 aromatic carbocycles. The Morgan fingerprint density at radius 3 is 2.48 bits per heavy atom. The first kappa shape index (κ1) is 17.3. The van der Waals surface area contributed by atoms with Gasteiger partial charge < -0.3 is 4.52 Å². The van der Waals surface area contributed by atoms with Crippen molar-refractivity contribution in [1.29, 1.82) is 0 Å². The standard InChI is InChI=1S/C18H19N3O3S/c1-13-5-3-7-15(11-13)18-20-17(24-21-18)9-10-19-25(22,23)16-8-4-6-14(2)12-16/h3-8,11-12,19H,9-10H2,1-2H3. The van der Waals surface area contributed by atoms with Gasteiger partial charge in [-0.2, -0.15) is 4.98 Å². The molecule has 0 aliphatic carbocycles. The van der Waals surface area contributed by atoms with Crippen molar-refractivity contribution in [3.05, 3.63) is 65.5 Å². The highest BCUT2D eigenvalue weighted by Gasteiger charge is 2.15. The van der Waals surface area contributed by atoms with Crippen LogP contribution >= 0.6 is 0 Å². The summed E-state index contributed by atoms with van der Waals surface area (Å²) in [7, 11) is -3.54. The number of benzene rings is 2. The summed E-state index contributed by atoms with van der Waals surface area (Å²) in [6, 6.07) is 14.6. The van der Waals surface area contributed by atoms with Gasteiger partial charge in [-0.25, -0.2) is 13.1 Å². The van der Waals surface area contributed by atoms with E-state index in [1.54, 1.807) is 18.2 Å². The molecule has 0 spiro atoms. The third-order valence-electron chi connectivity index (χ3n) is 3.68. The van der Waals surface area contributed by atoms with Crippen molar-refractivity contribution >= 4 is 10.0 Å². The first-order valence-electron chi connectivity index (χ1n) is 7.90. The number of hydrogen-bond acceptors (Lipinski definition) is 5. The van der Waals surface area contributed by atoms with Crippen LogP contribution in [0.5, 0.6) is 0 Å². The van der Waals surface area contributed by atoms with E-state index < -0.39 is 10.0 Å². The van der Waals surface area contributed by atoms with E-state index >= 15 is 0 Å². The smallest absolute Gasteiger partial charge is 0.240 e. The van der Waals surface area contributed by atoms with Gasteiger partial charge in [0, 0.05) is 18.5 Å². The zero-order chi connectivity index (χ0) is 17.9. The van der Waals surface area contributed by atoms with Crippen LogP contribution in [-0.2, 0) is 16.4 Å². The Kier molecular flexibility index (Phi) is 4.96. The fraction of sp³-hybridized carbons (Fsp3) is 0.222. The summed E-state index contributed by atoms with van der Waals surface area (Å²) in [6.45, 7) is 4.03. The van der Waals surface area contributed by atoms with Crippen LogP contribution in [0, 0.1) is 13.8 Å². The van der Waals surface area contributed by atoms with Gasteiger partial charge in [0.2, 0.25) is 21.7 Å². The molecule has 6 nitrogen and oxygen atoms in total. The molecule has 0 unspecified atom stereocenters. The van der Waals surface area contributed by atoms with Gasteiger partial charge in [-0.3, -0.25) is 0 Å². The van der Waals surface area contributed by atoms with Crippen LogP contribution in [0.3, 0.4) is 0 Å². The van der Waals surface area contributed by atoms with Crippen LogP contribution in [-0.4, -0.2) is 25.1 Å². The van der Waals surface area contributed by atoms with E-state index in [0.29, 0.717) is 18.1 Å². The Morgan fingerprint density at radius 2 is 1.76 bits per heavy atom.